The van der Waals surface area contributed by atoms with Gasteiger partial charge in [0, 0.05) is 11.8 Å². The van der Waals surface area contributed by atoms with Crippen molar-refractivity contribution in [3.05, 3.63) is 71.9 Å². The van der Waals surface area contributed by atoms with Gasteiger partial charge in [-0.2, -0.15) is 5.26 Å². The number of hydrogen-bond donors (Lipinski definition) is 0. The van der Waals surface area contributed by atoms with Crippen LogP contribution in [0.25, 0.3) is 11.3 Å². The molecule has 0 spiro atoms. The predicted molar refractivity (Wildman–Crippen MR) is 92.2 cm³/mol. The first-order valence-electron chi connectivity index (χ1n) is 7.49. The summed E-state index contributed by atoms with van der Waals surface area (Å²) in [6.07, 6.45) is 1.69. The summed E-state index contributed by atoms with van der Waals surface area (Å²) in [6, 6.07) is 18.8. The van der Waals surface area contributed by atoms with Gasteiger partial charge < -0.3 is 9.47 Å². The fraction of sp³-hybridized carbons (Fsp3) is 0.100. The van der Waals surface area contributed by atoms with E-state index >= 15 is 0 Å². The van der Waals surface area contributed by atoms with E-state index < -0.39 is 0 Å². The van der Waals surface area contributed by atoms with Crippen LogP contribution in [0.5, 0.6) is 17.2 Å². The highest BCUT2D eigenvalue weighted by atomic mass is 16.5. The molecule has 0 radical (unpaired) electrons. The number of aromatic nitrogens is 1. The van der Waals surface area contributed by atoms with E-state index in [2.05, 4.69) is 11.1 Å². The molecule has 24 heavy (non-hydrogen) atoms. The number of hydrogen-bond acceptors (Lipinski definition) is 4. The topological polar surface area (TPSA) is 55.1 Å². The van der Waals surface area contributed by atoms with Crippen LogP contribution in [-0.4, -0.2) is 12.1 Å². The third-order valence-electron chi connectivity index (χ3n) is 3.60. The molecule has 0 aliphatic carbocycles. The maximum atomic E-state index is 9.20. The van der Waals surface area contributed by atoms with Crippen molar-refractivity contribution in [1.82, 2.24) is 4.98 Å². The van der Waals surface area contributed by atoms with Crippen LogP contribution in [-0.2, 0) is 0 Å². The van der Waals surface area contributed by atoms with Gasteiger partial charge in [-0.25, -0.2) is 0 Å². The minimum Gasteiger partial charge on any atom is -0.494 e. The molecule has 4 heteroatoms. The highest BCUT2D eigenvalue weighted by Crippen LogP contribution is 2.37. The molecule has 3 aromatic rings. The Hall–Kier alpha value is -3.32. The summed E-state index contributed by atoms with van der Waals surface area (Å²) in [4.78, 5) is 4.40. The maximum absolute atomic E-state index is 9.20. The number of nitriles is 1. The second kappa shape index (κ2) is 6.84. The average molecular weight is 316 g/mol. The van der Waals surface area contributed by atoms with Gasteiger partial charge in [0.05, 0.1) is 18.7 Å². The van der Waals surface area contributed by atoms with E-state index in [1.165, 1.54) is 0 Å². The predicted octanol–water partition coefficient (Wildman–Crippen LogP) is 4.73. The third kappa shape index (κ3) is 3.21. The first-order valence-corrected chi connectivity index (χ1v) is 7.49. The molecular formula is C20H16N2O2. The molecule has 118 valence electrons. The van der Waals surface area contributed by atoms with Crippen molar-refractivity contribution in [2.24, 2.45) is 0 Å². The molecule has 2 aromatic carbocycles. The Bertz CT molecular complexity index is 896. The minimum atomic E-state index is 0.536. The lowest BCUT2D eigenvalue weighted by molar-refractivity contribution is 0.414. The van der Waals surface area contributed by atoms with Gasteiger partial charge in [-0.3, -0.25) is 4.98 Å². The van der Waals surface area contributed by atoms with Crippen LogP contribution in [0.15, 0.2) is 60.8 Å². The summed E-state index contributed by atoms with van der Waals surface area (Å²) in [5.74, 6) is 1.97. The Kier molecular flexibility index (Phi) is 4.44. The van der Waals surface area contributed by atoms with Crippen LogP contribution in [0, 0.1) is 18.3 Å². The number of benzene rings is 2. The van der Waals surface area contributed by atoms with Crippen molar-refractivity contribution in [2.75, 3.05) is 7.11 Å². The van der Waals surface area contributed by atoms with Gasteiger partial charge in [0.2, 0.25) is 0 Å². The van der Waals surface area contributed by atoms with Crippen molar-refractivity contribution in [3.63, 3.8) is 0 Å². The van der Waals surface area contributed by atoms with Crippen LogP contribution in [0.1, 0.15) is 11.1 Å². The normalized spacial score (nSPS) is 10.0. The smallest absolute Gasteiger partial charge is 0.145 e. The fourth-order valence-electron chi connectivity index (χ4n) is 2.36. The van der Waals surface area contributed by atoms with Gasteiger partial charge in [0.1, 0.15) is 22.9 Å². The van der Waals surface area contributed by atoms with Crippen LogP contribution in [0.4, 0.5) is 0 Å². The standard InChI is InChI=1S/C20H16N2O2/c1-14-5-8-16(9-6-14)24-18-10-7-15(13-21)12-17(18)20-19(23-2)4-3-11-22-20/h3-12H,1-2H3. The SMILES string of the molecule is COc1cccnc1-c1cc(C#N)ccc1Oc1ccc(C)cc1. The van der Waals surface area contributed by atoms with Crippen LogP contribution >= 0.6 is 0 Å². The Morgan fingerprint density at radius 2 is 1.79 bits per heavy atom. The van der Waals surface area contributed by atoms with E-state index in [1.54, 1.807) is 37.6 Å². The molecule has 0 saturated carbocycles. The summed E-state index contributed by atoms with van der Waals surface area (Å²) in [6.45, 7) is 2.02. The quantitative estimate of drug-likeness (QED) is 0.698. The summed E-state index contributed by atoms with van der Waals surface area (Å²) in [5, 5.41) is 9.20. The molecular weight excluding hydrogens is 300 g/mol. The lowest BCUT2D eigenvalue weighted by Gasteiger charge is -2.13. The number of nitrogens with zero attached hydrogens (tertiary/aromatic N) is 2. The lowest BCUT2D eigenvalue weighted by atomic mass is 10.1. The molecule has 0 fully saturated rings. The minimum absolute atomic E-state index is 0.536. The van der Waals surface area contributed by atoms with E-state index in [-0.39, 0.29) is 0 Å². The van der Waals surface area contributed by atoms with Gasteiger partial charge in [-0.05, 0) is 49.4 Å². The van der Waals surface area contributed by atoms with Crippen LogP contribution in [0.3, 0.4) is 0 Å². The van der Waals surface area contributed by atoms with E-state index in [1.807, 2.05) is 37.3 Å². The van der Waals surface area contributed by atoms with Gasteiger partial charge in [-0.15, -0.1) is 0 Å². The van der Waals surface area contributed by atoms with E-state index in [9.17, 15) is 5.26 Å². The molecule has 0 aliphatic rings. The first-order chi connectivity index (χ1) is 11.7. The summed E-state index contributed by atoms with van der Waals surface area (Å²) < 4.78 is 11.4. The van der Waals surface area contributed by atoms with Gasteiger partial charge in [-0.1, -0.05) is 17.7 Å². The average Bonchev–Trinajstić information content (AvgIpc) is 2.64. The zero-order chi connectivity index (χ0) is 16.9. The monoisotopic (exact) mass is 316 g/mol. The van der Waals surface area contributed by atoms with E-state index in [0.29, 0.717) is 28.3 Å². The highest BCUT2D eigenvalue weighted by Gasteiger charge is 2.14. The van der Waals surface area contributed by atoms with Gasteiger partial charge >= 0.3 is 0 Å². The highest BCUT2D eigenvalue weighted by molar-refractivity contribution is 5.74. The van der Waals surface area contributed by atoms with Crippen LogP contribution < -0.4 is 9.47 Å². The maximum Gasteiger partial charge on any atom is 0.145 e. The first kappa shape index (κ1) is 15.6. The molecule has 4 nitrogen and oxygen atoms in total. The molecule has 0 N–H and O–H groups in total. The summed E-state index contributed by atoms with van der Waals surface area (Å²) in [5.41, 5.74) is 3.05. The van der Waals surface area contributed by atoms with Crippen molar-refractivity contribution >= 4 is 0 Å². The second-order valence-electron chi connectivity index (χ2n) is 5.29. The molecule has 0 aliphatic heterocycles. The Labute approximate surface area is 140 Å². The molecule has 1 aromatic heterocycles. The van der Waals surface area contributed by atoms with E-state index in [0.717, 1.165) is 11.3 Å². The summed E-state index contributed by atoms with van der Waals surface area (Å²) in [7, 11) is 1.59. The van der Waals surface area contributed by atoms with Gasteiger partial charge in [0.25, 0.3) is 0 Å². The number of aryl methyl sites for hydroxylation is 1. The molecule has 0 unspecified atom stereocenters. The Morgan fingerprint density at radius 3 is 2.50 bits per heavy atom. The lowest BCUT2D eigenvalue weighted by Crippen LogP contribution is -1.95. The van der Waals surface area contributed by atoms with Crippen molar-refractivity contribution < 1.29 is 9.47 Å². The summed E-state index contributed by atoms with van der Waals surface area (Å²) >= 11 is 0. The second-order valence-corrected chi connectivity index (χ2v) is 5.29. The third-order valence-corrected chi connectivity index (χ3v) is 3.60. The number of rotatable bonds is 4. The van der Waals surface area contributed by atoms with Crippen LogP contribution in [0.2, 0.25) is 0 Å². The van der Waals surface area contributed by atoms with E-state index in [4.69, 9.17) is 9.47 Å². The van der Waals surface area contributed by atoms with Gasteiger partial charge in [0.15, 0.2) is 0 Å². The van der Waals surface area contributed by atoms with Crippen molar-refractivity contribution in [2.45, 2.75) is 6.92 Å². The zero-order valence-corrected chi connectivity index (χ0v) is 13.5. The largest absolute Gasteiger partial charge is 0.494 e. The molecule has 3 rings (SSSR count). The number of methoxy groups -OCH3 is 1. The molecule has 0 amide bonds. The number of ether oxygens (including phenoxy) is 2. The fourth-order valence-corrected chi connectivity index (χ4v) is 2.36. The zero-order valence-electron chi connectivity index (χ0n) is 13.5. The van der Waals surface area contributed by atoms with Crippen molar-refractivity contribution in [1.29, 1.82) is 5.26 Å². The molecule has 0 saturated heterocycles. The Balaban J connectivity index is 2.09. The molecule has 0 atom stereocenters. The molecule has 0 bridgehead atoms. The Morgan fingerprint density at radius 1 is 1.00 bits per heavy atom. The van der Waals surface area contributed by atoms with Crippen molar-refractivity contribution in [3.8, 4) is 34.6 Å². The number of pyridine rings is 1. The molecule has 1 heterocycles.